The first kappa shape index (κ1) is 20.2. The van der Waals surface area contributed by atoms with Gasteiger partial charge in [-0.3, -0.25) is 9.59 Å². The summed E-state index contributed by atoms with van der Waals surface area (Å²) in [6, 6.07) is 8.46. The molecule has 3 rings (SSSR count). The first-order chi connectivity index (χ1) is 13.3. The van der Waals surface area contributed by atoms with Gasteiger partial charge in [-0.15, -0.1) is 0 Å². The van der Waals surface area contributed by atoms with Gasteiger partial charge in [-0.05, 0) is 42.7 Å². The van der Waals surface area contributed by atoms with E-state index >= 15 is 0 Å². The molecule has 0 unspecified atom stereocenters. The van der Waals surface area contributed by atoms with Gasteiger partial charge in [0.25, 0.3) is 5.91 Å². The molecular formula is C20H17ClF3NO3. The van der Waals surface area contributed by atoms with Crippen LogP contribution < -0.4 is 5.32 Å². The van der Waals surface area contributed by atoms with Crippen LogP contribution >= 0.6 is 11.6 Å². The summed E-state index contributed by atoms with van der Waals surface area (Å²) in [6.45, 7) is -0.674. The van der Waals surface area contributed by atoms with Crippen molar-refractivity contribution in [2.24, 2.45) is 0 Å². The number of anilines is 1. The molecule has 0 saturated heterocycles. The van der Waals surface area contributed by atoms with Gasteiger partial charge in [0.1, 0.15) is 0 Å². The van der Waals surface area contributed by atoms with Crippen LogP contribution in [0.25, 0.3) is 0 Å². The lowest BCUT2D eigenvalue weighted by atomic mass is 9.79. The molecule has 0 heterocycles. The van der Waals surface area contributed by atoms with Gasteiger partial charge in [-0.2, -0.15) is 0 Å². The molecular weight excluding hydrogens is 395 g/mol. The van der Waals surface area contributed by atoms with E-state index in [2.05, 4.69) is 5.32 Å². The van der Waals surface area contributed by atoms with Gasteiger partial charge >= 0.3 is 5.97 Å². The van der Waals surface area contributed by atoms with Gasteiger partial charge in [0.2, 0.25) is 0 Å². The fraction of sp³-hybridized carbons (Fsp3) is 0.300. The van der Waals surface area contributed by atoms with Crippen molar-refractivity contribution in [1.29, 1.82) is 0 Å². The molecule has 0 radical (unpaired) electrons. The van der Waals surface area contributed by atoms with Crippen LogP contribution in [0.15, 0.2) is 36.4 Å². The maximum atomic E-state index is 13.6. The van der Waals surface area contributed by atoms with E-state index in [1.807, 2.05) is 0 Å². The third-order valence-electron chi connectivity index (χ3n) is 4.89. The number of hydrogen-bond acceptors (Lipinski definition) is 3. The lowest BCUT2D eigenvalue weighted by Crippen LogP contribution is -2.36. The second-order valence-electron chi connectivity index (χ2n) is 6.64. The van der Waals surface area contributed by atoms with E-state index in [9.17, 15) is 22.8 Å². The average molecular weight is 412 g/mol. The molecule has 28 heavy (non-hydrogen) atoms. The van der Waals surface area contributed by atoms with E-state index in [1.165, 1.54) is 0 Å². The van der Waals surface area contributed by atoms with E-state index in [1.54, 1.807) is 24.3 Å². The number of esters is 1. The molecule has 8 heteroatoms. The summed E-state index contributed by atoms with van der Waals surface area (Å²) in [7, 11) is 0. The number of carbonyl (C=O) groups excluding carboxylic acids is 2. The Labute approximate surface area is 164 Å². The van der Waals surface area contributed by atoms with Crippen molar-refractivity contribution in [3.05, 3.63) is 64.4 Å². The summed E-state index contributed by atoms with van der Waals surface area (Å²) < 4.78 is 45.0. The molecule has 0 aromatic heterocycles. The highest BCUT2D eigenvalue weighted by atomic mass is 35.5. The van der Waals surface area contributed by atoms with E-state index < -0.39 is 47.0 Å². The van der Waals surface area contributed by atoms with Crippen molar-refractivity contribution in [2.75, 3.05) is 11.9 Å². The summed E-state index contributed by atoms with van der Waals surface area (Å²) in [5, 5.41) is 2.61. The fourth-order valence-corrected chi connectivity index (χ4v) is 3.56. The molecule has 0 aliphatic heterocycles. The van der Waals surface area contributed by atoms with Crippen LogP contribution in [0.4, 0.5) is 18.9 Å². The molecule has 0 spiro atoms. The average Bonchev–Trinajstić information content (AvgIpc) is 3.18. The third kappa shape index (κ3) is 3.99. The number of benzene rings is 2. The summed E-state index contributed by atoms with van der Waals surface area (Å²) in [5.41, 5.74) is -0.641. The number of amides is 1. The monoisotopic (exact) mass is 411 g/mol. The quantitative estimate of drug-likeness (QED) is 0.570. The minimum atomic E-state index is -1.69. The third-order valence-corrected chi connectivity index (χ3v) is 5.14. The maximum Gasteiger partial charge on any atom is 0.317 e. The van der Waals surface area contributed by atoms with E-state index in [4.69, 9.17) is 16.3 Å². The van der Waals surface area contributed by atoms with Crippen LogP contribution in [-0.4, -0.2) is 18.5 Å². The molecule has 1 aliphatic carbocycles. The van der Waals surface area contributed by atoms with E-state index in [0.717, 1.165) is 24.5 Å². The Bertz CT molecular complexity index is 896. The van der Waals surface area contributed by atoms with Gasteiger partial charge < -0.3 is 10.1 Å². The largest absolute Gasteiger partial charge is 0.455 e. The van der Waals surface area contributed by atoms with Crippen LogP contribution in [-0.2, 0) is 19.7 Å². The highest BCUT2D eigenvalue weighted by molar-refractivity contribution is 6.30. The highest BCUT2D eigenvalue weighted by Gasteiger charge is 2.44. The molecule has 0 bridgehead atoms. The maximum absolute atomic E-state index is 13.6. The number of ether oxygens (including phenoxy) is 1. The Morgan fingerprint density at radius 2 is 1.64 bits per heavy atom. The van der Waals surface area contributed by atoms with Crippen LogP contribution in [0.3, 0.4) is 0 Å². The van der Waals surface area contributed by atoms with Crippen molar-refractivity contribution in [1.82, 2.24) is 0 Å². The second-order valence-corrected chi connectivity index (χ2v) is 7.08. The molecule has 1 saturated carbocycles. The molecule has 148 valence electrons. The lowest BCUT2D eigenvalue weighted by Gasteiger charge is -2.27. The van der Waals surface area contributed by atoms with Crippen molar-refractivity contribution in [3.8, 4) is 0 Å². The lowest BCUT2D eigenvalue weighted by molar-refractivity contribution is -0.153. The number of rotatable bonds is 5. The Kier molecular flexibility index (Phi) is 5.93. The summed E-state index contributed by atoms with van der Waals surface area (Å²) in [5.74, 6) is -6.00. The Morgan fingerprint density at radius 1 is 1.00 bits per heavy atom. The van der Waals surface area contributed by atoms with Crippen molar-refractivity contribution in [2.45, 2.75) is 31.1 Å². The normalized spacial score (nSPS) is 15.3. The number of nitrogens with one attached hydrogen (secondary N) is 1. The molecule has 1 N–H and O–H groups in total. The number of carbonyl (C=O) groups is 2. The van der Waals surface area contributed by atoms with Gasteiger partial charge in [-0.1, -0.05) is 36.6 Å². The number of hydrogen-bond donors (Lipinski definition) is 1. The van der Waals surface area contributed by atoms with E-state index in [0.29, 0.717) is 23.9 Å². The van der Waals surface area contributed by atoms with Crippen molar-refractivity contribution < 1.29 is 27.5 Å². The van der Waals surface area contributed by atoms with Crippen LogP contribution in [0.5, 0.6) is 0 Å². The second kappa shape index (κ2) is 8.22. The SMILES string of the molecule is O=C(COC(=O)C1(c2ccc(Cl)cc2)CCCC1)Nc1ccc(F)c(F)c1F. The zero-order valence-electron chi connectivity index (χ0n) is 14.7. The Balaban J connectivity index is 1.67. The van der Waals surface area contributed by atoms with E-state index in [-0.39, 0.29) is 0 Å². The van der Waals surface area contributed by atoms with Crippen LogP contribution in [0.1, 0.15) is 31.2 Å². The molecule has 2 aromatic rings. The molecule has 0 atom stereocenters. The van der Waals surface area contributed by atoms with Crippen molar-refractivity contribution >= 4 is 29.2 Å². The summed E-state index contributed by atoms with van der Waals surface area (Å²) in [4.78, 5) is 24.7. The smallest absolute Gasteiger partial charge is 0.317 e. The Morgan fingerprint density at radius 3 is 2.29 bits per heavy atom. The van der Waals surface area contributed by atoms with Gasteiger partial charge in [-0.25, -0.2) is 13.2 Å². The zero-order chi connectivity index (χ0) is 20.3. The van der Waals surface area contributed by atoms with Gasteiger partial charge in [0.15, 0.2) is 24.1 Å². The number of halogens is 4. The summed E-state index contributed by atoms with van der Waals surface area (Å²) in [6.07, 6.45) is 2.83. The van der Waals surface area contributed by atoms with Crippen LogP contribution in [0.2, 0.25) is 5.02 Å². The summed E-state index contributed by atoms with van der Waals surface area (Å²) >= 11 is 5.91. The molecule has 1 aliphatic rings. The van der Waals surface area contributed by atoms with Crippen LogP contribution in [0, 0.1) is 17.5 Å². The predicted octanol–water partition coefficient (Wildman–Crippen LogP) is 4.75. The minimum absolute atomic E-state index is 0.534. The Hall–Kier alpha value is -2.54. The van der Waals surface area contributed by atoms with Gasteiger partial charge in [0, 0.05) is 5.02 Å². The standard InChI is InChI=1S/C20H17ClF3NO3/c21-13-5-3-12(4-6-13)20(9-1-2-10-20)19(27)28-11-16(26)25-15-8-7-14(22)17(23)18(15)24/h3-8H,1-2,9-11H2,(H,25,26). The molecule has 2 aromatic carbocycles. The highest BCUT2D eigenvalue weighted by Crippen LogP contribution is 2.42. The molecule has 4 nitrogen and oxygen atoms in total. The molecule has 1 amide bonds. The van der Waals surface area contributed by atoms with Crippen molar-refractivity contribution in [3.63, 3.8) is 0 Å². The zero-order valence-corrected chi connectivity index (χ0v) is 15.5. The van der Waals surface area contributed by atoms with Gasteiger partial charge in [0.05, 0.1) is 11.1 Å². The molecule has 1 fully saturated rings. The fourth-order valence-electron chi connectivity index (χ4n) is 3.44. The minimum Gasteiger partial charge on any atom is -0.455 e. The first-order valence-corrected chi connectivity index (χ1v) is 9.08. The predicted molar refractivity (Wildman–Crippen MR) is 97.5 cm³/mol. The first-order valence-electron chi connectivity index (χ1n) is 8.70. The topological polar surface area (TPSA) is 55.4 Å².